The van der Waals surface area contributed by atoms with E-state index in [-0.39, 0.29) is 37.9 Å². The molecule has 180 valence electrons. The third-order valence-corrected chi connectivity index (χ3v) is 7.06. The highest BCUT2D eigenvalue weighted by Crippen LogP contribution is 2.45. The van der Waals surface area contributed by atoms with Gasteiger partial charge in [0, 0.05) is 25.6 Å². The molecule has 4 rings (SSSR count). The minimum Gasteiger partial charge on any atom is -0.481 e. The lowest BCUT2D eigenvalue weighted by Crippen LogP contribution is -2.54. The van der Waals surface area contributed by atoms with Gasteiger partial charge in [0.2, 0.25) is 5.91 Å². The number of ether oxygens (including phenoxy) is 1. The SMILES string of the molecule is CCCN(CCC(=O)O)C(=O)C1(CNC(=O)OCC2c3ccccc3-c3ccccc32)CCC1. The molecule has 0 spiro atoms. The lowest BCUT2D eigenvalue weighted by molar-refractivity contribution is -0.148. The Morgan fingerprint density at radius 1 is 1.03 bits per heavy atom. The fourth-order valence-corrected chi connectivity index (χ4v) is 5.11. The van der Waals surface area contributed by atoms with E-state index in [1.807, 2.05) is 31.2 Å². The highest BCUT2D eigenvalue weighted by molar-refractivity contribution is 5.85. The molecule has 0 atom stereocenters. The molecule has 2 aromatic rings. The Balaban J connectivity index is 1.36. The molecule has 2 aliphatic carbocycles. The van der Waals surface area contributed by atoms with Gasteiger partial charge in [0.05, 0.1) is 11.8 Å². The molecule has 1 saturated carbocycles. The van der Waals surface area contributed by atoms with Gasteiger partial charge in [-0.15, -0.1) is 0 Å². The van der Waals surface area contributed by atoms with Crippen LogP contribution in [0.3, 0.4) is 0 Å². The number of alkyl carbamates (subject to hydrolysis) is 1. The third kappa shape index (κ3) is 4.79. The molecule has 2 aliphatic rings. The van der Waals surface area contributed by atoms with Gasteiger partial charge in [-0.3, -0.25) is 9.59 Å². The molecule has 2 amide bonds. The summed E-state index contributed by atoms with van der Waals surface area (Å²) < 4.78 is 5.62. The van der Waals surface area contributed by atoms with Gasteiger partial charge >= 0.3 is 12.1 Å². The maximum absolute atomic E-state index is 13.2. The van der Waals surface area contributed by atoms with Crippen LogP contribution in [-0.4, -0.2) is 54.2 Å². The molecule has 0 bridgehead atoms. The second-order valence-corrected chi connectivity index (χ2v) is 9.25. The van der Waals surface area contributed by atoms with Crippen LogP contribution in [0.15, 0.2) is 48.5 Å². The zero-order valence-electron chi connectivity index (χ0n) is 19.6. The van der Waals surface area contributed by atoms with Crippen LogP contribution in [0, 0.1) is 5.41 Å². The van der Waals surface area contributed by atoms with Crippen LogP contribution in [0.4, 0.5) is 4.79 Å². The Morgan fingerprint density at radius 2 is 1.65 bits per heavy atom. The largest absolute Gasteiger partial charge is 0.481 e. The second-order valence-electron chi connectivity index (χ2n) is 9.25. The lowest BCUT2D eigenvalue weighted by atomic mass is 9.67. The average Bonchev–Trinajstić information content (AvgIpc) is 3.13. The van der Waals surface area contributed by atoms with Crippen LogP contribution in [0.1, 0.15) is 56.1 Å². The number of carboxylic acid groups (broad SMARTS) is 1. The van der Waals surface area contributed by atoms with Crippen molar-refractivity contribution in [2.24, 2.45) is 5.41 Å². The Hall–Kier alpha value is -3.35. The highest BCUT2D eigenvalue weighted by atomic mass is 16.5. The second kappa shape index (κ2) is 10.3. The molecule has 0 heterocycles. The molecule has 0 radical (unpaired) electrons. The normalized spacial score (nSPS) is 15.6. The molecule has 7 nitrogen and oxygen atoms in total. The minimum atomic E-state index is -0.923. The van der Waals surface area contributed by atoms with E-state index in [4.69, 9.17) is 9.84 Å². The quantitative estimate of drug-likeness (QED) is 0.543. The monoisotopic (exact) mass is 464 g/mol. The number of rotatable bonds is 10. The number of nitrogens with one attached hydrogen (secondary N) is 1. The average molecular weight is 465 g/mol. The first kappa shape index (κ1) is 23.8. The van der Waals surface area contributed by atoms with Crippen molar-refractivity contribution in [2.45, 2.75) is 44.9 Å². The highest BCUT2D eigenvalue weighted by Gasteiger charge is 2.46. The number of aliphatic carboxylic acids is 1. The maximum Gasteiger partial charge on any atom is 0.407 e. The number of fused-ring (bicyclic) bond motifs is 3. The summed E-state index contributed by atoms with van der Waals surface area (Å²) in [6.07, 6.45) is 2.42. The van der Waals surface area contributed by atoms with Crippen molar-refractivity contribution >= 4 is 18.0 Å². The van der Waals surface area contributed by atoms with Crippen molar-refractivity contribution in [1.29, 1.82) is 0 Å². The van der Waals surface area contributed by atoms with Gasteiger partial charge in [-0.2, -0.15) is 0 Å². The zero-order valence-corrected chi connectivity index (χ0v) is 19.6. The summed E-state index contributed by atoms with van der Waals surface area (Å²) in [6.45, 7) is 3.09. The number of benzene rings is 2. The van der Waals surface area contributed by atoms with E-state index in [0.29, 0.717) is 19.4 Å². The van der Waals surface area contributed by atoms with Gasteiger partial charge in [-0.05, 0) is 41.5 Å². The maximum atomic E-state index is 13.2. The first-order chi connectivity index (χ1) is 16.4. The Labute approximate surface area is 200 Å². The topological polar surface area (TPSA) is 95.9 Å². The number of carbonyl (C=O) groups is 3. The van der Waals surface area contributed by atoms with Crippen LogP contribution >= 0.6 is 0 Å². The van der Waals surface area contributed by atoms with E-state index in [0.717, 1.165) is 24.0 Å². The summed E-state index contributed by atoms with van der Waals surface area (Å²) in [5.41, 5.74) is 3.97. The van der Waals surface area contributed by atoms with Crippen molar-refractivity contribution in [1.82, 2.24) is 10.2 Å². The molecule has 0 saturated heterocycles. The van der Waals surface area contributed by atoms with E-state index < -0.39 is 17.5 Å². The van der Waals surface area contributed by atoms with Crippen molar-refractivity contribution in [3.63, 3.8) is 0 Å². The molecule has 0 aliphatic heterocycles. The van der Waals surface area contributed by atoms with E-state index in [1.165, 1.54) is 11.1 Å². The van der Waals surface area contributed by atoms with E-state index in [2.05, 4.69) is 29.6 Å². The van der Waals surface area contributed by atoms with Crippen molar-refractivity contribution in [3.05, 3.63) is 59.7 Å². The van der Waals surface area contributed by atoms with Gasteiger partial charge < -0.3 is 20.1 Å². The summed E-state index contributed by atoms with van der Waals surface area (Å²) in [6, 6.07) is 16.3. The first-order valence-corrected chi connectivity index (χ1v) is 12.1. The van der Waals surface area contributed by atoms with E-state index in [9.17, 15) is 14.4 Å². The predicted molar refractivity (Wildman–Crippen MR) is 128 cm³/mol. The standard InChI is InChI=1S/C27H32N2O5/c1-2-15-29(16-12-24(30)31)25(32)27(13-7-14-27)18-28-26(33)34-17-23-21-10-5-3-8-19(21)20-9-4-6-11-22(20)23/h3-6,8-11,23H,2,7,12-18H2,1H3,(H,28,33)(H,30,31). The molecular weight excluding hydrogens is 432 g/mol. The number of carboxylic acids is 1. The summed E-state index contributed by atoms with van der Waals surface area (Å²) >= 11 is 0. The van der Waals surface area contributed by atoms with E-state index >= 15 is 0 Å². The number of hydrogen-bond donors (Lipinski definition) is 2. The zero-order chi connectivity index (χ0) is 24.1. The van der Waals surface area contributed by atoms with Crippen molar-refractivity contribution < 1.29 is 24.2 Å². The van der Waals surface area contributed by atoms with Gasteiger partial charge in [0.15, 0.2) is 0 Å². The molecule has 0 aromatic heterocycles. The summed E-state index contributed by atoms with van der Waals surface area (Å²) in [5.74, 6) is -1.01. The van der Waals surface area contributed by atoms with Crippen LogP contribution in [0.5, 0.6) is 0 Å². The van der Waals surface area contributed by atoms with E-state index in [1.54, 1.807) is 4.90 Å². The molecular formula is C27H32N2O5. The lowest BCUT2D eigenvalue weighted by Gasteiger charge is -2.43. The minimum absolute atomic E-state index is 0.0199. The molecule has 7 heteroatoms. The molecule has 2 N–H and O–H groups in total. The van der Waals surface area contributed by atoms with Crippen molar-refractivity contribution in [2.75, 3.05) is 26.2 Å². The number of nitrogens with zero attached hydrogens (tertiary/aromatic N) is 1. The fourth-order valence-electron chi connectivity index (χ4n) is 5.11. The fraction of sp³-hybridized carbons (Fsp3) is 0.444. The van der Waals surface area contributed by atoms with Crippen LogP contribution < -0.4 is 5.32 Å². The molecule has 0 unspecified atom stereocenters. The Kier molecular flexibility index (Phi) is 7.20. The summed E-state index contributed by atoms with van der Waals surface area (Å²) in [7, 11) is 0. The number of carbonyl (C=O) groups excluding carboxylic acids is 2. The molecule has 2 aromatic carbocycles. The summed E-state index contributed by atoms with van der Waals surface area (Å²) in [4.78, 5) is 38.5. The van der Waals surface area contributed by atoms with Crippen molar-refractivity contribution in [3.8, 4) is 11.1 Å². The molecule has 1 fully saturated rings. The van der Waals surface area contributed by atoms with Crippen LogP contribution in [-0.2, 0) is 14.3 Å². The Morgan fingerprint density at radius 3 is 2.18 bits per heavy atom. The van der Waals surface area contributed by atoms with Crippen LogP contribution in [0.25, 0.3) is 11.1 Å². The Bertz CT molecular complexity index is 1020. The first-order valence-electron chi connectivity index (χ1n) is 12.1. The smallest absolute Gasteiger partial charge is 0.407 e. The summed E-state index contributed by atoms with van der Waals surface area (Å²) in [5, 5.41) is 11.8. The van der Waals surface area contributed by atoms with Gasteiger partial charge in [0.1, 0.15) is 6.61 Å². The molecule has 34 heavy (non-hydrogen) atoms. The van der Waals surface area contributed by atoms with Crippen LogP contribution in [0.2, 0.25) is 0 Å². The van der Waals surface area contributed by atoms with Gasteiger partial charge in [0.25, 0.3) is 0 Å². The predicted octanol–water partition coefficient (Wildman–Crippen LogP) is 4.41. The van der Waals surface area contributed by atoms with Gasteiger partial charge in [-0.25, -0.2) is 4.79 Å². The van der Waals surface area contributed by atoms with Gasteiger partial charge in [-0.1, -0.05) is 61.9 Å². The number of hydrogen-bond acceptors (Lipinski definition) is 4. The third-order valence-electron chi connectivity index (χ3n) is 7.06. The number of amides is 2.